The van der Waals surface area contributed by atoms with Gasteiger partial charge < -0.3 is 24.3 Å². The molecule has 9 heteroatoms. The highest BCUT2D eigenvalue weighted by molar-refractivity contribution is 5.91. The van der Waals surface area contributed by atoms with Crippen LogP contribution in [0.25, 0.3) is 16.8 Å². The average molecular weight is 498 g/mol. The van der Waals surface area contributed by atoms with Crippen LogP contribution in [0.3, 0.4) is 0 Å². The van der Waals surface area contributed by atoms with E-state index in [0.29, 0.717) is 19.8 Å². The number of halogens is 2. The number of ether oxygens (including phenoxy) is 1. The Morgan fingerprint density at radius 1 is 1.17 bits per heavy atom. The van der Waals surface area contributed by atoms with Gasteiger partial charge in [0.05, 0.1) is 31.1 Å². The van der Waals surface area contributed by atoms with Gasteiger partial charge in [0.2, 0.25) is 0 Å². The lowest BCUT2D eigenvalue weighted by molar-refractivity contribution is 0.123. The predicted octanol–water partition coefficient (Wildman–Crippen LogP) is 5.13. The van der Waals surface area contributed by atoms with Crippen LogP contribution in [0.15, 0.2) is 36.8 Å². The smallest absolute Gasteiger partial charge is 0.322 e. The molecular formula is C27H33F2N5O2. The molecule has 0 saturated carbocycles. The number of hydrogen-bond donors (Lipinski definition) is 1. The van der Waals surface area contributed by atoms with Gasteiger partial charge in [0.1, 0.15) is 12.0 Å². The molecular weight excluding hydrogens is 464 g/mol. The first-order valence-electron chi connectivity index (χ1n) is 12.4. The molecule has 36 heavy (non-hydrogen) atoms. The second-order valence-electron chi connectivity index (χ2n) is 10.8. The lowest BCUT2D eigenvalue weighted by atomic mass is 9.79. The van der Waals surface area contributed by atoms with Gasteiger partial charge >= 0.3 is 6.03 Å². The minimum Gasteiger partial charge on any atom is -0.378 e. The van der Waals surface area contributed by atoms with E-state index in [0.717, 1.165) is 41.1 Å². The van der Waals surface area contributed by atoms with Crippen molar-refractivity contribution in [1.29, 1.82) is 0 Å². The highest BCUT2D eigenvalue weighted by Crippen LogP contribution is 2.37. The Bertz CT molecular complexity index is 1280. The molecule has 2 aromatic heterocycles. The second-order valence-corrected chi connectivity index (χ2v) is 10.8. The van der Waals surface area contributed by atoms with Crippen LogP contribution >= 0.6 is 0 Å². The molecule has 4 heterocycles. The molecule has 2 fully saturated rings. The molecule has 1 aromatic carbocycles. The molecule has 5 rings (SSSR count). The molecule has 2 aliphatic rings. The summed E-state index contributed by atoms with van der Waals surface area (Å²) in [5, 5.41) is 2.69. The van der Waals surface area contributed by atoms with E-state index in [1.165, 1.54) is 11.0 Å². The number of likely N-dealkylation sites (tertiary alicyclic amines) is 1. The van der Waals surface area contributed by atoms with Crippen molar-refractivity contribution in [2.75, 3.05) is 49.6 Å². The number of nitrogens with one attached hydrogen (secondary N) is 1. The van der Waals surface area contributed by atoms with Gasteiger partial charge in [0.25, 0.3) is 0 Å². The van der Waals surface area contributed by atoms with Crippen molar-refractivity contribution in [3.8, 4) is 11.1 Å². The number of carbonyl (C=O) groups is 1. The van der Waals surface area contributed by atoms with Crippen molar-refractivity contribution >= 4 is 23.1 Å². The number of aromatic nitrogens is 2. The third-order valence-corrected chi connectivity index (χ3v) is 7.33. The highest BCUT2D eigenvalue weighted by Gasteiger charge is 2.42. The molecule has 0 unspecified atom stereocenters. The summed E-state index contributed by atoms with van der Waals surface area (Å²) in [6.07, 6.45) is 4.50. The number of nitrogens with zero attached hydrogens (tertiary/aromatic N) is 4. The number of alkyl halides is 1. The molecule has 0 bridgehead atoms. The van der Waals surface area contributed by atoms with Gasteiger partial charge in [0, 0.05) is 49.7 Å². The first-order valence-corrected chi connectivity index (χ1v) is 12.4. The maximum absolute atomic E-state index is 15.0. The quantitative estimate of drug-likeness (QED) is 0.545. The number of aryl methyl sites for hydroxylation is 1. The number of imidazole rings is 1. The summed E-state index contributed by atoms with van der Waals surface area (Å²) in [5.74, 6) is -0.785. The van der Waals surface area contributed by atoms with Crippen LogP contribution in [0.2, 0.25) is 0 Å². The molecule has 3 aromatic rings. The fraction of sp³-hybridized carbons (Fsp3) is 0.481. The van der Waals surface area contributed by atoms with Crippen LogP contribution < -0.4 is 10.2 Å². The molecule has 2 aliphatic heterocycles. The number of amides is 2. The standard InChI is InChI=1S/C27H33F2N5O2/c1-17-11-21(28)23(31-26(35)34-15-20(22(29)16-34)27(2,3)4)13-19(17)18-12-24(32-7-9-36-10-8-32)25-30-5-6-33(25)14-18/h5-6,11-14,20,22H,7-10,15-16H2,1-4H3,(H,31,35)/t20-,22+/m1/s1. The average Bonchev–Trinajstić information content (AvgIpc) is 3.47. The van der Waals surface area contributed by atoms with E-state index in [2.05, 4.69) is 21.3 Å². The molecule has 0 spiro atoms. The van der Waals surface area contributed by atoms with E-state index in [-0.39, 0.29) is 23.6 Å². The van der Waals surface area contributed by atoms with Crippen LogP contribution in [0, 0.1) is 24.1 Å². The van der Waals surface area contributed by atoms with Gasteiger partial charge in [-0.3, -0.25) is 0 Å². The van der Waals surface area contributed by atoms with Crippen LogP contribution in [0.5, 0.6) is 0 Å². The summed E-state index contributed by atoms with van der Waals surface area (Å²) in [6, 6.07) is 4.66. The van der Waals surface area contributed by atoms with Gasteiger partial charge in [-0.2, -0.15) is 0 Å². The molecule has 2 atom stereocenters. The second kappa shape index (κ2) is 9.35. The Balaban J connectivity index is 1.45. The third kappa shape index (κ3) is 4.64. The Morgan fingerprint density at radius 3 is 2.61 bits per heavy atom. The molecule has 2 saturated heterocycles. The Hall–Kier alpha value is -3.20. The normalized spacial score (nSPS) is 20.8. The number of carbonyl (C=O) groups excluding carboxylic acids is 1. The number of benzene rings is 1. The van der Waals surface area contributed by atoms with E-state index in [1.807, 2.05) is 44.5 Å². The summed E-state index contributed by atoms with van der Waals surface area (Å²) in [4.78, 5) is 21.2. The zero-order valence-corrected chi connectivity index (χ0v) is 21.2. The van der Waals surface area contributed by atoms with Crippen molar-refractivity contribution in [1.82, 2.24) is 14.3 Å². The molecule has 7 nitrogen and oxygen atoms in total. The van der Waals surface area contributed by atoms with E-state index >= 15 is 0 Å². The number of pyridine rings is 1. The third-order valence-electron chi connectivity index (χ3n) is 7.33. The summed E-state index contributed by atoms with van der Waals surface area (Å²) < 4.78 is 37.1. The fourth-order valence-electron chi connectivity index (χ4n) is 5.22. The minimum atomic E-state index is -1.10. The van der Waals surface area contributed by atoms with Gasteiger partial charge in [-0.1, -0.05) is 20.8 Å². The Labute approximate surface area is 210 Å². The van der Waals surface area contributed by atoms with Crippen molar-refractivity contribution in [3.63, 3.8) is 0 Å². The number of anilines is 2. The SMILES string of the molecule is Cc1cc(F)c(NC(=O)N2C[C@@H](C(C)(C)C)[C@@H](F)C2)cc1-c1cc(N2CCOCC2)c2nccn2c1. The van der Waals surface area contributed by atoms with Crippen LogP contribution in [0.4, 0.5) is 25.0 Å². The van der Waals surface area contributed by atoms with Crippen LogP contribution in [0.1, 0.15) is 26.3 Å². The topological polar surface area (TPSA) is 62.1 Å². The van der Waals surface area contributed by atoms with E-state index in [1.54, 1.807) is 12.3 Å². The molecule has 0 aliphatic carbocycles. The largest absolute Gasteiger partial charge is 0.378 e. The van der Waals surface area contributed by atoms with Gasteiger partial charge in [-0.15, -0.1) is 0 Å². The number of rotatable bonds is 3. The molecule has 192 valence electrons. The summed E-state index contributed by atoms with van der Waals surface area (Å²) in [5.41, 5.74) is 4.07. The zero-order valence-electron chi connectivity index (χ0n) is 21.2. The maximum Gasteiger partial charge on any atom is 0.322 e. The van der Waals surface area contributed by atoms with E-state index < -0.39 is 18.0 Å². The van der Waals surface area contributed by atoms with Crippen LogP contribution in [-0.2, 0) is 4.74 Å². The minimum absolute atomic E-state index is 0.00825. The first kappa shape index (κ1) is 24.5. The van der Waals surface area contributed by atoms with Crippen LogP contribution in [-0.4, -0.2) is 65.9 Å². The van der Waals surface area contributed by atoms with Gasteiger partial charge in [0.15, 0.2) is 5.65 Å². The maximum atomic E-state index is 15.0. The lowest BCUT2D eigenvalue weighted by Gasteiger charge is -2.29. The van der Waals surface area contributed by atoms with E-state index in [4.69, 9.17) is 4.74 Å². The Morgan fingerprint density at radius 2 is 1.92 bits per heavy atom. The monoisotopic (exact) mass is 497 g/mol. The summed E-state index contributed by atoms with van der Waals surface area (Å²) in [6.45, 7) is 10.9. The first-order chi connectivity index (χ1) is 17.1. The summed E-state index contributed by atoms with van der Waals surface area (Å²) >= 11 is 0. The fourth-order valence-corrected chi connectivity index (χ4v) is 5.22. The Kier molecular flexibility index (Phi) is 6.36. The van der Waals surface area contributed by atoms with Crippen molar-refractivity contribution in [3.05, 3.63) is 48.2 Å². The number of urea groups is 1. The van der Waals surface area contributed by atoms with Gasteiger partial charge in [-0.05, 0) is 41.7 Å². The lowest BCUT2D eigenvalue weighted by Crippen LogP contribution is -2.36. The summed E-state index contributed by atoms with van der Waals surface area (Å²) in [7, 11) is 0. The molecule has 2 amide bonds. The van der Waals surface area contributed by atoms with Crippen molar-refractivity contribution < 1.29 is 18.3 Å². The van der Waals surface area contributed by atoms with E-state index in [9.17, 15) is 13.6 Å². The van der Waals surface area contributed by atoms with Crippen molar-refractivity contribution in [2.45, 2.75) is 33.9 Å². The van der Waals surface area contributed by atoms with Crippen molar-refractivity contribution in [2.24, 2.45) is 11.3 Å². The zero-order chi connectivity index (χ0) is 25.6. The molecule has 0 radical (unpaired) electrons. The highest BCUT2D eigenvalue weighted by atomic mass is 19.1. The number of morpholine rings is 1. The number of fused-ring (bicyclic) bond motifs is 1. The molecule has 1 N–H and O–H groups in total. The predicted molar refractivity (Wildman–Crippen MR) is 137 cm³/mol. The number of hydrogen-bond acceptors (Lipinski definition) is 4. The van der Waals surface area contributed by atoms with Gasteiger partial charge in [-0.25, -0.2) is 18.6 Å².